The van der Waals surface area contributed by atoms with Gasteiger partial charge in [0.15, 0.2) is 0 Å². The number of aryl methyl sites for hydroxylation is 1. The molecule has 0 atom stereocenters. The predicted molar refractivity (Wildman–Crippen MR) is 69.9 cm³/mol. The Labute approximate surface area is 103 Å². The predicted octanol–water partition coefficient (Wildman–Crippen LogP) is 3.80. The number of nitrogens with one attached hydrogen (secondary N) is 1. The zero-order valence-corrected chi connectivity index (χ0v) is 10.6. The summed E-state index contributed by atoms with van der Waals surface area (Å²) in [5, 5.41) is 3.32. The minimum Gasteiger partial charge on any atom is -0.465 e. The molecule has 1 aromatic carbocycles. The van der Waals surface area contributed by atoms with E-state index in [-0.39, 0.29) is 0 Å². The second kappa shape index (κ2) is 4.70. The first-order valence-electron chi connectivity index (χ1n) is 4.79. The van der Waals surface area contributed by atoms with E-state index in [1.54, 1.807) is 0 Å². The molecule has 15 heavy (non-hydrogen) atoms. The number of halogens is 1. The zero-order chi connectivity index (χ0) is 10.7. The van der Waals surface area contributed by atoms with Gasteiger partial charge in [-0.3, -0.25) is 0 Å². The lowest BCUT2D eigenvalue weighted by Crippen LogP contribution is -1.97. The molecule has 2 aromatic rings. The lowest BCUT2D eigenvalue weighted by molar-refractivity contribution is 0.490. The Morgan fingerprint density at radius 2 is 2.13 bits per heavy atom. The summed E-state index contributed by atoms with van der Waals surface area (Å²) >= 11 is 2.30. The molecule has 0 spiro atoms. The molecule has 0 aliphatic rings. The maximum atomic E-state index is 5.47. The van der Waals surface area contributed by atoms with Gasteiger partial charge in [-0.15, -0.1) is 0 Å². The van der Waals surface area contributed by atoms with Gasteiger partial charge in [-0.25, -0.2) is 0 Å². The number of anilines is 1. The van der Waals surface area contributed by atoms with Crippen LogP contribution in [0.15, 0.2) is 40.8 Å². The Hall–Kier alpha value is -0.970. The topological polar surface area (TPSA) is 25.2 Å². The normalized spacial score (nSPS) is 10.3. The van der Waals surface area contributed by atoms with Crippen molar-refractivity contribution >= 4 is 28.3 Å². The van der Waals surface area contributed by atoms with Gasteiger partial charge in [0.25, 0.3) is 0 Å². The van der Waals surface area contributed by atoms with Crippen LogP contribution in [-0.4, -0.2) is 0 Å². The van der Waals surface area contributed by atoms with Crippen molar-refractivity contribution in [1.82, 2.24) is 0 Å². The molecule has 78 valence electrons. The van der Waals surface area contributed by atoms with Crippen molar-refractivity contribution < 1.29 is 4.42 Å². The Morgan fingerprint density at radius 3 is 2.80 bits per heavy atom. The molecule has 0 saturated heterocycles. The van der Waals surface area contributed by atoms with E-state index in [2.05, 4.69) is 46.1 Å². The minimum atomic E-state index is 0.730. The molecule has 0 unspecified atom stereocenters. The van der Waals surface area contributed by atoms with Crippen LogP contribution in [0.5, 0.6) is 0 Å². The summed E-state index contributed by atoms with van der Waals surface area (Å²) in [6.07, 6.45) is 0. The monoisotopic (exact) mass is 313 g/mol. The van der Waals surface area contributed by atoms with Crippen molar-refractivity contribution in [3.05, 3.63) is 51.5 Å². The third-order valence-electron chi connectivity index (χ3n) is 2.09. The highest BCUT2D eigenvalue weighted by Gasteiger charge is 1.98. The van der Waals surface area contributed by atoms with Gasteiger partial charge in [0.1, 0.15) is 11.5 Å². The van der Waals surface area contributed by atoms with Crippen LogP contribution in [0.2, 0.25) is 0 Å². The number of rotatable bonds is 3. The van der Waals surface area contributed by atoms with Crippen molar-refractivity contribution in [3.63, 3.8) is 0 Å². The fraction of sp³-hybridized carbons (Fsp3) is 0.167. The van der Waals surface area contributed by atoms with Crippen molar-refractivity contribution in [2.24, 2.45) is 0 Å². The summed E-state index contributed by atoms with van der Waals surface area (Å²) in [5.74, 6) is 1.92. The molecule has 0 amide bonds. The molecular formula is C12H12INO. The summed E-state index contributed by atoms with van der Waals surface area (Å²) < 4.78 is 6.70. The van der Waals surface area contributed by atoms with E-state index >= 15 is 0 Å². The first-order chi connectivity index (χ1) is 7.24. The maximum absolute atomic E-state index is 5.47. The van der Waals surface area contributed by atoms with Gasteiger partial charge >= 0.3 is 0 Å². The van der Waals surface area contributed by atoms with E-state index in [0.29, 0.717) is 0 Å². The highest BCUT2D eigenvalue weighted by molar-refractivity contribution is 14.1. The van der Waals surface area contributed by atoms with Gasteiger partial charge in [0, 0.05) is 9.26 Å². The van der Waals surface area contributed by atoms with E-state index in [1.165, 1.54) is 3.57 Å². The third-order valence-corrected chi connectivity index (χ3v) is 2.76. The highest BCUT2D eigenvalue weighted by atomic mass is 127. The molecule has 0 saturated carbocycles. The molecule has 2 nitrogen and oxygen atoms in total. The first-order valence-corrected chi connectivity index (χ1v) is 5.87. The molecule has 1 heterocycles. The summed E-state index contributed by atoms with van der Waals surface area (Å²) in [7, 11) is 0. The molecule has 0 aliphatic carbocycles. The van der Waals surface area contributed by atoms with Gasteiger partial charge < -0.3 is 9.73 Å². The van der Waals surface area contributed by atoms with Crippen molar-refractivity contribution in [2.45, 2.75) is 13.5 Å². The van der Waals surface area contributed by atoms with Gasteiger partial charge in [0.2, 0.25) is 0 Å². The van der Waals surface area contributed by atoms with Crippen LogP contribution in [0.4, 0.5) is 5.69 Å². The average molecular weight is 313 g/mol. The van der Waals surface area contributed by atoms with Crippen LogP contribution in [0, 0.1) is 10.5 Å². The smallest absolute Gasteiger partial charge is 0.123 e. The molecule has 0 fully saturated rings. The van der Waals surface area contributed by atoms with Crippen LogP contribution in [0.3, 0.4) is 0 Å². The summed E-state index contributed by atoms with van der Waals surface area (Å²) in [4.78, 5) is 0. The number of furan rings is 1. The quantitative estimate of drug-likeness (QED) is 0.872. The Bertz CT molecular complexity index is 450. The molecule has 0 bridgehead atoms. The minimum absolute atomic E-state index is 0.730. The third kappa shape index (κ3) is 2.99. The Balaban J connectivity index is 1.99. The van der Waals surface area contributed by atoms with Crippen molar-refractivity contribution in [2.75, 3.05) is 5.32 Å². The zero-order valence-electron chi connectivity index (χ0n) is 8.46. The van der Waals surface area contributed by atoms with E-state index < -0.39 is 0 Å². The molecule has 3 heteroatoms. The van der Waals surface area contributed by atoms with Crippen molar-refractivity contribution in [3.8, 4) is 0 Å². The summed E-state index contributed by atoms with van der Waals surface area (Å²) in [5.41, 5.74) is 1.12. The Kier molecular flexibility index (Phi) is 3.30. The van der Waals surface area contributed by atoms with Crippen LogP contribution in [-0.2, 0) is 6.54 Å². The van der Waals surface area contributed by atoms with E-state index in [1.807, 2.05) is 25.1 Å². The maximum Gasteiger partial charge on any atom is 0.123 e. The van der Waals surface area contributed by atoms with Crippen LogP contribution >= 0.6 is 22.6 Å². The van der Waals surface area contributed by atoms with E-state index in [0.717, 1.165) is 23.8 Å². The lowest BCUT2D eigenvalue weighted by atomic mass is 10.3. The van der Waals surface area contributed by atoms with Crippen molar-refractivity contribution in [1.29, 1.82) is 0 Å². The number of hydrogen-bond donors (Lipinski definition) is 1. The Morgan fingerprint density at radius 1 is 1.27 bits per heavy atom. The standard InChI is InChI=1S/C12H12INO/c1-9-5-6-12(15-9)8-14-11-4-2-3-10(13)7-11/h2-7,14H,8H2,1H3. The number of hydrogen-bond acceptors (Lipinski definition) is 2. The second-order valence-corrected chi connectivity index (χ2v) is 4.62. The fourth-order valence-electron chi connectivity index (χ4n) is 1.37. The lowest BCUT2D eigenvalue weighted by Gasteiger charge is -2.04. The van der Waals surface area contributed by atoms with Gasteiger partial charge in [0.05, 0.1) is 6.54 Å². The second-order valence-electron chi connectivity index (χ2n) is 3.38. The molecule has 0 aliphatic heterocycles. The molecule has 0 radical (unpaired) electrons. The molecule has 1 N–H and O–H groups in total. The summed E-state index contributed by atoms with van der Waals surface area (Å²) in [6.45, 7) is 2.68. The van der Waals surface area contributed by atoms with E-state index in [9.17, 15) is 0 Å². The highest BCUT2D eigenvalue weighted by Crippen LogP contribution is 2.14. The van der Waals surface area contributed by atoms with Gasteiger partial charge in [-0.2, -0.15) is 0 Å². The van der Waals surface area contributed by atoms with Crippen LogP contribution in [0.1, 0.15) is 11.5 Å². The molecular weight excluding hydrogens is 301 g/mol. The molecule has 2 rings (SSSR count). The van der Waals surface area contributed by atoms with Gasteiger partial charge in [-0.05, 0) is 59.8 Å². The number of benzene rings is 1. The average Bonchev–Trinajstić information content (AvgIpc) is 2.62. The van der Waals surface area contributed by atoms with Crippen LogP contribution in [0.25, 0.3) is 0 Å². The largest absolute Gasteiger partial charge is 0.465 e. The summed E-state index contributed by atoms with van der Waals surface area (Å²) in [6, 6.07) is 12.2. The first kappa shape index (κ1) is 10.5. The SMILES string of the molecule is Cc1ccc(CNc2cccc(I)c2)o1. The van der Waals surface area contributed by atoms with E-state index in [4.69, 9.17) is 4.42 Å². The van der Waals surface area contributed by atoms with Crippen LogP contribution < -0.4 is 5.32 Å². The van der Waals surface area contributed by atoms with Gasteiger partial charge in [-0.1, -0.05) is 6.07 Å². The fourth-order valence-corrected chi connectivity index (χ4v) is 1.91. The molecule has 1 aromatic heterocycles.